The first-order valence-electron chi connectivity index (χ1n) is 7.68. The Kier molecular flexibility index (Phi) is 4.11. The SMILES string of the molecule is Cc1cnc(C(=O)N[C@@H](C)C2CC2)cc1-c1cc(F)cc(F)c1. The molecule has 5 heteroatoms. The molecule has 0 bridgehead atoms. The molecular weight excluding hydrogens is 298 g/mol. The fourth-order valence-electron chi connectivity index (χ4n) is 2.66. The summed E-state index contributed by atoms with van der Waals surface area (Å²) in [7, 11) is 0. The number of amides is 1. The average Bonchev–Trinajstić information content (AvgIpc) is 3.31. The van der Waals surface area contributed by atoms with Gasteiger partial charge in [0.05, 0.1) is 0 Å². The minimum atomic E-state index is -0.649. The molecular formula is C18H18F2N2O. The van der Waals surface area contributed by atoms with Crippen LogP contribution in [0.5, 0.6) is 0 Å². The van der Waals surface area contributed by atoms with Crippen LogP contribution >= 0.6 is 0 Å². The van der Waals surface area contributed by atoms with Crippen LogP contribution in [0, 0.1) is 24.5 Å². The molecule has 1 amide bonds. The number of halogens is 2. The van der Waals surface area contributed by atoms with Crippen molar-refractivity contribution in [3.8, 4) is 11.1 Å². The van der Waals surface area contributed by atoms with Gasteiger partial charge in [-0.1, -0.05) is 0 Å². The predicted octanol–water partition coefficient (Wildman–Crippen LogP) is 3.86. The number of aromatic nitrogens is 1. The molecule has 3 rings (SSSR count). The maximum atomic E-state index is 13.4. The van der Waals surface area contributed by atoms with Gasteiger partial charge in [-0.2, -0.15) is 0 Å². The molecule has 1 N–H and O–H groups in total. The van der Waals surface area contributed by atoms with Crippen LogP contribution in [0.15, 0.2) is 30.5 Å². The van der Waals surface area contributed by atoms with Gasteiger partial charge >= 0.3 is 0 Å². The largest absolute Gasteiger partial charge is 0.348 e. The minimum Gasteiger partial charge on any atom is -0.348 e. The maximum Gasteiger partial charge on any atom is 0.270 e. The number of carbonyl (C=O) groups excluding carboxylic acids is 1. The van der Waals surface area contributed by atoms with Crippen molar-refractivity contribution in [3.05, 3.63) is 53.4 Å². The monoisotopic (exact) mass is 316 g/mol. The zero-order chi connectivity index (χ0) is 16.6. The average molecular weight is 316 g/mol. The zero-order valence-corrected chi connectivity index (χ0v) is 13.1. The van der Waals surface area contributed by atoms with E-state index in [0.717, 1.165) is 24.5 Å². The summed E-state index contributed by atoms with van der Waals surface area (Å²) < 4.78 is 26.9. The Balaban J connectivity index is 1.90. The van der Waals surface area contributed by atoms with Gasteiger partial charge in [-0.25, -0.2) is 8.78 Å². The van der Waals surface area contributed by atoms with Crippen molar-refractivity contribution in [1.29, 1.82) is 0 Å². The standard InChI is InChI=1S/C18H18F2N2O/c1-10-9-21-17(18(23)22-11(2)12-3-4-12)8-16(10)13-5-14(19)7-15(20)6-13/h5-9,11-12H,3-4H2,1-2H3,(H,22,23)/t11-/m0/s1. The van der Waals surface area contributed by atoms with E-state index in [4.69, 9.17) is 0 Å². The number of pyridine rings is 1. The summed E-state index contributed by atoms with van der Waals surface area (Å²) in [6.07, 6.45) is 3.82. The summed E-state index contributed by atoms with van der Waals surface area (Å²) in [6, 6.07) is 5.02. The number of benzene rings is 1. The normalized spacial score (nSPS) is 15.3. The molecule has 0 aliphatic heterocycles. The first kappa shape index (κ1) is 15.6. The van der Waals surface area contributed by atoms with E-state index in [9.17, 15) is 13.6 Å². The van der Waals surface area contributed by atoms with Crippen LogP contribution in [0.3, 0.4) is 0 Å². The van der Waals surface area contributed by atoms with Gasteiger partial charge in [0.2, 0.25) is 0 Å². The van der Waals surface area contributed by atoms with Crippen LogP contribution in [-0.4, -0.2) is 16.9 Å². The molecule has 0 saturated heterocycles. The van der Waals surface area contributed by atoms with Crippen LogP contribution in [0.4, 0.5) is 8.78 Å². The van der Waals surface area contributed by atoms with Gasteiger partial charge in [0.25, 0.3) is 5.91 Å². The zero-order valence-electron chi connectivity index (χ0n) is 13.1. The summed E-state index contributed by atoms with van der Waals surface area (Å²) in [5, 5.41) is 2.93. The van der Waals surface area contributed by atoms with Crippen molar-refractivity contribution in [2.24, 2.45) is 5.92 Å². The smallest absolute Gasteiger partial charge is 0.270 e. The molecule has 1 aliphatic rings. The number of rotatable bonds is 4. The molecule has 2 aromatic rings. The molecule has 23 heavy (non-hydrogen) atoms. The highest BCUT2D eigenvalue weighted by atomic mass is 19.1. The van der Waals surface area contributed by atoms with Crippen LogP contribution in [0.1, 0.15) is 35.8 Å². The van der Waals surface area contributed by atoms with E-state index in [1.54, 1.807) is 19.2 Å². The summed E-state index contributed by atoms with van der Waals surface area (Å²) in [5.41, 5.74) is 2.00. The second-order valence-electron chi connectivity index (χ2n) is 6.14. The van der Waals surface area contributed by atoms with Crippen LogP contribution in [0.2, 0.25) is 0 Å². The van der Waals surface area contributed by atoms with Gasteiger partial charge in [-0.3, -0.25) is 9.78 Å². The molecule has 1 aromatic heterocycles. The van der Waals surface area contributed by atoms with Gasteiger partial charge < -0.3 is 5.32 Å². The Morgan fingerprint density at radius 3 is 2.48 bits per heavy atom. The fourth-order valence-corrected chi connectivity index (χ4v) is 2.66. The Bertz CT molecular complexity index is 736. The molecule has 1 aliphatic carbocycles. The van der Waals surface area contributed by atoms with Crippen LogP contribution in [-0.2, 0) is 0 Å². The van der Waals surface area contributed by atoms with Crippen molar-refractivity contribution in [2.75, 3.05) is 0 Å². The molecule has 120 valence electrons. The quantitative estimate of drug-likeness (QED) is 0.930. The predicted molar refractivity (Wildman–Crippen MR) is 84.0 cm³/mol. The van der Waals surface area contributed by atoms with Crippen molar-refractivity contribution >= 4 is 5.91 Å². The van der Waals surface area contributed by atoms with Crippen molar-refractivity contribution in [1.82, 2.24) is 10.3 Å². The van der Waals surface area contributed by atoms with Gasteiger partial charge in [-0.15, -0.1) is 0 Å². The molecule has 0 unspecified atom stereocenters. The van der Waals surface area contributed by atoms with Gasteiger partial charge in [0.15, 0.2) is 0 Å². The highest BCUT2D eigenvalue weighted by Crippen LogP contribution is 2.32. The summed E-state index contributed by atoms with van der Waals surface area (Å²) in [4.78, 5) is 16.4. The lowest BCUT2D eigenvalue weighted by Crippen LogP contribution is -2.34. The number of carbonyl (C=O) groups is 1. The molecule has 1 fully saturated rings. The second-order valence-corrected chi connectivity index (χ2v) is 6.14. The van der Waals surface area contributed by atoms with Crippen molar-refractivity contribution in [2.45, 2.75) is 32.7 Å². The number of aryl methyl sites for hydroxylation is 1. The molecule has 1 aromatic carbocycles. The van der Waals surface area contributed by atoms with E-state index < -0.39 is 11.6 Å². The van der Waals surface area contributed by atoms with E-state index >= 15 is 0 Å². The van der Waals surface area contributed by atoms with Gasteiger partial charge in [0.1, 0.15) is 17.3 Å². The highest BCUT2D eigenvalue weighted by Gasteiger charge is 2.29. The highest BCUT2D eigenvalue weighted by molar-refractivity contribution is 5.94. The van der Waals surface area contributed by atoms with E-state index in [0.29, 0.717) is 17.0 Å². The van der Waals surface area contributed by atoms with Crippen molar-refractivity contribution < 1.29 is 13.6 Å². The lowest BCUT2D eigenvalue weighted by atomic mass is 10.0. The lowest BCUT2D eigenvalue weighted by molar-refractivity contribution is 0.0931. The summed E-state index contributed by atoms with van der Waals surface area (Å²) in [6.45, 7) is 3.77. The number of hydrogen-bond donors (Lipinski definition) is 1. The molecule has 1 saturated carbocycles. The summed E-state index contributed by atoms with van der Waals surface area (Å²) >= 11 is 0. The van der Waals surface area contributed by atoms with Gasteiger partial charge in [0, 0.05) is 18.3 Å². The lowest BCUT2D eigenvalue weighted by Gasteiger charge is -2.13. The van der Waals surface area contributed by atoms with Gasteiger partial charge in [-0.05, 0) is 67.5 Å². The second kappa shape index (κ2) is 6.07. The van der Waals surface area contributed by atoms with E-state index in [2.05, 4.69) is 10.3 Å². The Hall–Kier alpha value is -2.30. The topological polar surface area (TPSA) is 42.0 Å². The third kappa shape index (κ3) is 3.55. The first-order valence-corrected chi connectivity index (χ1v) is 7.68. The summed E-state index contributed by atoms with van der Waals surface area (Å²) in [5.74, 6) is -1.02. The molecule has 0 spiro atoms. The van der Waals surface area contributed by atoms with Crippen LogP contribution in [0.25, 0.3) is 11.1 Å². The Labute approximate surface area is 133 Å². The number of nitrogens with one attached hydrogen (secondary N) is 1. The Morgan fingerprint density at radius 1 is 1.22 bits per heavy atom. The number of hydrogen-bond acceptors (Lipinski definition) is 2. The number of nitrogens with zero attached hydrogens (tertiary/aromatic N) is 1. The van der Waals surface area contributed by atoms with E-state index in [1.807, 2.05) is 6.92 Å². The Morgan fingerprint density at radius 2 is 1.87 bits per heavy atom. The third-order valence-corrected chi connectivity index (χ3v) is 4.20. The molecule has 0 radical (unpaired) electrons. The fraction of sp³-hybridized carbons (Fsp3) is 0.333. The van der Waals surface area contributed by atoms with E-state index in [1.165, 1.54) is 12.1 Å². The minimum absolute atomic E-state index is 0.112. The van der Waals surface area contributed by atoms with E-state index in [-0.39, 0.29) is 17.6 Å². The molecule has 1 heterocycles. The van der Waals surface area contributed by atoms with Crippen molar-refractivity contribution in [3.63, 3.8) is 0 Å². The maximum absolute atomic E-state index is 13.4. The molecule has 3 nitrogen and oxygen atoms in total. The van der Waals surface area contributed by atoms with Crippen LogP contribution < -0.4 is 5.32 Å². The molecule has 1 atom stereocenters. The first-order chi connectivity index (χ1) is 10.9. The third-order valence-electron chi connectivity index (χ3n) is 4.20.